The number of aromatic amines is 1. The lowest BCUT2D eigenvalue weighted by atomic mass is 10.2. The number of nitrogen functional groups attached to an aromatic ring is 1. The molecule has 1 fully saturated rings. The van der Waals surface area contributed by atoms with Gasteiger partial charge in [-0.1, -0.05) is 6.92 Å². The second kappa shape index (κ2) is 3.36. The Kier molecular flexibility index (Phi) is 2.19. The van der Waals surface area contributed by atoms with Crippen molar-refractivity contribution in [2.45, 2.75) is 13.3 Å². The van der Waals surface area contributed by atoms with Crippen molar-refractivity contribution < 1.29 is 4.79 Å². The molecule has 0 aliphatic carbocycles. The SMILES string of the molecule is CC1CCN(C(=O)c2cc(N)c[nH]2)C1. The number of aromatic nitrogens is 1. The molecule has 1 unspecified atom stereocenters. The molecule has 4 nitrogen and oxygen atoms in total. The van der Waals surface area contributed by atoms with E-state index in [1.165, 1.54) is 0 Å². The van der Waals surface area contributed by atoms with Gasteiger partial charge in [0, 0.05) is 25.0 Å². The standard InChI is InChI=1S/C10H15N3O/c1-7-2-3-13(6-7)10(14)9-4-8(11)5-12-9/h4-5,7,12H,2-3,6,11H2,1H3. The van der Waals surface area contributed by atoms with Gasteiger partial charge in [0.2, 0.25) is 0 Å². The highest BCUT2D eigenvalue weighted by atomic mass is 16.2. The molecular weight excluding hydrogens is 178 g/mol. The lowest BCUT2D eigenvalue weighted by Crippen LogP contribution is -2.28. The smallest absolute Gasteiger partial charge is 0.270 e. The number of carbonyl (C=O) groups is 1. The molecule has 1 aliphatic heterocycles. The number of amides is 1. The predicted octanol–water partition coefficient (Wildman–Crippen LogP) is 1.08. The second-order valence-electron chi connectivity index (χ2n) is 3.99. The highest BCUT2D eigenvalue weighted by Crippen LogP contribution is 2.18. The molecule has 4 heteroatoms. The molecule has 2 rings (SSSR count). The average Bonchev–Trinajstić information content (AvgIpc) is 2.73. The van der Waals surface area contributed by atoms with Gasteiger partial charge in [0.1, 0.15) is 5.69 Å². The molecule has 0 bridgehead atoms. The van der Waals surface area contributed by atoms with E-state index >= 15 is 0 Å². The minimum atomic E-state index is 0.0612. The molecule has 0 aromatic carbocycles. The van der Waals surface area contributed by atoms with Crippen LogP contribution in [0.4, 0.5) is 5.69 Å². The van der Waals surface area contributed by atoms with E-state index < -0.39 is 0 Å². The minimum absolute atomic E-state index is 0.0612. The van der Waals surface area contributed by atoms with Gasteiger partial charge in [-0.3, -0.25) is 4.79 Å². The number of rotatable bonds is 1. The van der Waals surface area contributed by atoms with Crippen LogP contribution >= 0.6 is 0 Å². The maximum Gasteiger partial charge on any atom is 0.270 e. The number of hydrogen-bond donors (Lipinski definition) is 2. The molecule has 76 valence electrons. The van der Waals surface area contributed by atoms with Crippen LogP contribution in [0.25, 0.3) is 0 Å². The van der Waals surface area contributed by atoms with Gasteiger partial charge in [-0.05, 0) is 18.4 Å². The normalized spacial score (nSPS) is 21.5. The first-order valence-corrected chi connectivity index (χ1v) is 4.90. The summed E-state index contributed by atoms with van der Waals surface area (Å²) in [5.74, 6) is 0.678. The van der Waals surface area contributed by atoms with E-state index in [9.17, 15) is 4.79 Å². The largest absolute Gasteiger partial charge is 0.397 e. The van der Waals surface area contributed by atoms with Gasteiger partial charge in [0.05, 0.1) is 0 Å². The lowest BCUT2D eigenvalue weighted by molar-refractivity contribution is 0.0783. The number of H-pyrrole nitrogens is 1. The molecule has 0 spiro atoms. The quantitative estimate of drug-likeness (QED) is 0.701. The van der Waals surface area contributed by atoms with E-state index in [0.717, 1.165) is 19.5 Å². The summed E-state index contributed by atoms with van der Waals surface area (Å²) < 4.78 is 0. The highest BCUT2D eigenvalue weighted by Gasteiger charge is 2.24. The Bertz CT molecular complexity index is 345. The van der Waals surface area contributed by atoms with E-state index in [1.54, 1.807) is 12.3 Å². The Labute approximate surface area is 83.1 Å². The number of hydrogen-bond acceptors (Lipinski definition) is 2. The van der Waals surface area contributed by atoms with E-state index in [2.05, 4.69) is 11.9 Å². The second-order valence-corrected chi connectivity index (χ2v) is 3.99. The van der Waals surface area contributed by atoms with Crippen molar-refractivity contribution in [1.29, 1.82) is 0 Å². The van der Waals surface area contributed by atoms with Crippen LogP contribution in [0.5, 0.6) is 0 Å². The predicted molar refractivity (Wildman–Crippen MR) is 54.9 cm³/mol. The van der Waals surface area contributed by atoms with E-state index in [0.29, 0.717) is 17.3 Å². The van der Waals surface area contributed by atoms with Crippen LogP contribution in [0.15, 0.2) is 12.3 Å². The van der Waals surface area contributed by atoms with Crippen molar-refractivity contribution in [2.24, 2.45) is 5.92 Å². The Morgan fingerprint density at radius 1 is 1.71 bits per heavy atom. The van der Waals surface area contributed by atoms with Crippen LogP contribution in [0.2, 0.25) is 0 Å². The Morgan fingerprint density at radius 2 is 2.50 bits per heavy atom. The van der Waals surface area contributed by atoms with Crippen molar-refractivity contribution in [1.82, 2.24) is 9.88 Å². The van der Waals surface area contributed by atoms with Crippen molar-refractivity contribution in [3.63, 3.8) is 0 Å². The summed E-state index contributed by atoms with van der Waals surface area (Å²) in [6, 6.07) is 1.69. The van der Waals surface area contributed by atoms with Crippen molar-refractivity contribution in [2.75, 3.05) is 18.8 Å². The van der Waals surface area contributed by atoms with Crippen LogP contribution in [0.1, 0.15) is 23.8 Å². The number of carbonyl (C=O) groups excluding carboxylic acids is 1. The minimum Gasteiger partial charge on any atom is -0.397 e. The summed E-state index contributed by atoms with van der Waals surface area (Å²) in [6.07, 6.45) is 2.74. The van der Waals surface area contributed by atoms with Gasteiger partial charge >= 0.3 is 0 Å². The van der Waals surface area contributed by atoms with Crippen molar-refractivity contribution >= 4 is 11.6 Å². The van der Waals surface area contributed by atoms with Crippen molar-refractivity contribution in [3.8, 4) is 0 Å². The van der Waals surface area contributed by atoms with Gasteiger partial charge in [-0.25, -0.2) is 0 Å². The zero-order valence-corrected chi connectivity index (χ0v) is 8.29. The Morgan fingerprint density at radius 3 is 3.00 bits per heavy atom. The molecule has 0 saturated carbocycles. The molecular formula is C10H15N3O. The zero-order chi connectivity index (χ0) is 10.1. The molecule has 0 radical (unpaired) electrons. The number of anilines is 1. The highest BCUT2D eigenvalue weighted by molar-refractivity contribution is 5.93. The number of nitrogens with two attached hydrogens (primary N) is 1. The molecule has 2 heterocycles. The van der Waals surface area contributed by atoms with Crippen LogP contribution < -0.4 is 5.73 Å². The number of nitrogens with zero attached hydrogens (tertiary/aromatic N) is 1. The summed E-state index contributed by atoms with van der Waals surface area (Å²) in [6.45, 7) is 3.88. The Hall–Kier alpha value is -1.45. The van der Waals surface area contributed by atoms with E-state index in [-0.39, 0.29) is 5.91 Å². The van der Waals surface area contributed by atoms with Crippen LogP contribution in [0, 0.1) is 5.92 Å². The van der Waals surface area contributed by atoms with Gasteiger partial charge in [0.15, 0.2) is 0 Å². The molecule has 3 N–H and O–H groups in total. The van der Waals surface area contributed by atoms with E-state index in [1.807, 2.05) is 4.90 Å². The number of nitrogens with one attached hydrogen (secondary N) is 1. The van der Waals surface area contributed by atoms with Crippen LogP contribution in [0.3, 0.4) is 0 Å². The fourth-order valence-corrected chi connectivity index (χ4v) is 1.82. The van der Waals surface area contributed by atoms with Crippen molar-refractivity contribution in [3.05, 3.63) is 18.0 Å². The maximum atomic E-state index is 11.8. The average molecular weight is 193 g/mol. The molecule has 1 aromatic rings. The third-order valence-corrected chi connectivity index (χ3v) is 2.65. The summed E-state index contributed by atoms with van der Waals surface area (Å²) in [5.41, 5.74) is 6.75. The third kappa shape index (κ3) is 1.60. The molecule has 1 aliphatic rings. The number of likely N-dealkylation sites (tertiary alicyclic amines) is 1. The van der Waals surface area contributed by atoms with Gasteiger partial charge in [-0.2, -0.15) is 0 Å². The van der Waals surface area contributed by atoms with Crippen LogP contribution in [-0.4, -0.2) is 28.9 Å². The molecule has 1 atom stereocenters. The Balaban J connectivity index is 2.09. The molecule has 1 saturated heterocycles. The monoisotopic (exact) mass is 193 g/mol. The third-order valence-electron chi connectivity index (χ3n) is 2.65. The fraction of sp³-hybridized carbons (Fsp3) is 0.500. The molecule has 1 amide bonds. The van der Waals surface area contributed by atoms with Crippen LogP contribution in [-0.2, 0) is 0 Å². The van der Waals surface area contributed by atoms with Gasteiger partial charge in [0.25, 0.3) is 5.91 Å². The molecule has 1 aromatic heterocycles. The summed E-state index contributed by atoms with van der Waals surface area (Å²) in [5, 5.41) is 0. The lowest BCUT2D eigenvalue weighted by Gasteiger charge is -2.14. The zero-order valence-electron chi connectivity index (χ0n) is 8.29. The first kappa shape index (κ1) is 9.12. The maximum absolute atomic E-state index is 11.8. The summed E-state index contributed by atoms with van der Waals surface area (Å²) >= 11 is 0. The first-order chi connectivity index (χ1) is 6.66. The topological polar surface area (TPSA) is 62.1 Å². The van der Waals surface area contributed by atoms with Gasteiger partial charge < -0.3 is 15.6 Å². The fourth-order valence-electron chi connectivity index (χ4n) is 1.82. The van der Waals surface area contributed by atoms with E-state index in [4.69, 9.17) is 5.73 Å². The summed E-state index contributed by atoms with van der Waals surface area (Å²) in [7, 11) is 0. The summed E-state index contributed by atoms with van der Waals surface area (Å²) in [4.78, 5) is 16.6. The van der Waals surface area contributed by atoms with Gasteiger partial charge in [-0.15, -0.1) is 0 Å². The molecule has 14 heavy (non-hydrogen) atoms. The first-order valence-electron chi connectivity index (χ1n) is 4.90.